The summed E-state index contributed by atoms with van der Waals surface area (Å²) in [5.74, 6) is -0.469. The number of nitrogens with one attached hydrogen (secondary N) is 3. The second-order valence-corrected chi connectivity index (χ2v) is 12.3. The van der Waals surface area contributed by atoms with Crippen LogP contribution in [0.15, 0.2) is 103 Å². The smallest absolute Gasteiger partial charge is 0.247 e. The zero-order valence-corrected chi connectivity index (χ0v) is 25.2. The summed E-state index contributed by atoms with van der Waals surface area (Å²) in [4.78, 5) is 35.9. The molecule has 0 saturated carbocycles. The number of anilines is 1. The second kappa shape index (κ2) is 11.5. The molecular weight excluding hydrogens is 566 g/mol. The number of benzene rings is 4. The number of imidazole rings is 1. The van der Waals surface area contributed by atoms with E-state index in [1.807, 2.05) is 99.0 Å². The Labute approximate surface area is 258 Å². The molecule has 3 heterocycles. The fourth-order valence-corrected chi connectivity index (χ4v) is 6.88. The van der Waals surface area contributed by atoms with Gasteiger partial charge in [-0.3, -0.25) is 14.0 Å². The number of hydrogen-bond donors (Lipinski definition) is 3. The lowest BCUT2D eigenvalue weighted by Crippen LogP contribution is -2.45. The zero-order chi connectivity index (χ0) is 30.2. The predicted octanol–water partition coefficient (Wildman–Crippen LogP) is 7.22. The molecule has 0 aliphatic rings. The van der Waals surface area contributed by atoms with Crippen LogP contribution in [0.25, 0.3) is 37.3 Å². The summed E-state index contributed by atoms with van der Waals surface area (Å²) in [7, 11) is 0. The molecule has 4 aromatic carbocycles. The van der Waals surface area contributed by atoms with Gasteiger partial charge in [-0.25, -0.2) is 4.98 Å². The topological polar surface area (TPSA) is 91.3 Å². The zero-order valence-electron chi connectivity index (χ0n) is 24.4. The molecule has 0 aliphatic heterocycles. The lowest BCUT2D eigenvalue weighted by atomic mass is 10.0. The van der Waals surface area contributed by atoms with E-state index in [-0.39, 0.29) is 18.2 Å². The summed E-state index contributed by atoms with van der Waals surface area (Å²) < 4.78 is 3.31. The molecule has 8 heteroatoms. The summed E-state index contributed by atoms with van der Waals surface area (Å²) in [5.41, 5.74) is 8.71. The van der Waals surface area contributed by atoms with Crippen molar-refractivity contribution in [2.75, 3.05) is 5.32 Å². The van der Waals surface area contributed by atoms with Crippen molar-refractivity contribution < 1.29 is 9.59 Å². The number of hydrogen-bond acceptors (Lipinski definition) is 4. The van der Waals surface area contributed by atoms with Crippen LogP contribution in [0, 0.1) is 13.8 Å². The van der Waals surface area contributed by atoms with Gasteiger partial charge in [0.15, 0.2) is 4.96 Å². The van der Waals surface area contributed by atoms with Gasteiger partial charge >= 0.3 is 0 Å². The molecule has 0 bridgehead atoms. The summed E-state index contributed by atoms with van der Waals surface area (Å²) >= 11 is 1.66. The maximum absolute atomic E-state index is 13.7. The van der Waals surface area contributed by atoms with Crippen molar-refractivity contribution in [3.8, 4) is 11.3 Å². The van der Waals surface area contributed by atoms with Crippen molar-refractivity contribution >= 4 is 54.9 Å². The van der Waals surface area contributed by atoms with Crippen LogP contribution in [0.5, 0.6) is 0 Å². The average Bonchev–Trinajstić information content (AvgIpc) is 3.70. The Bertz CT molecular complexity index is 2130. The minimum Gasteiger partial charge on any atom is -0.361 e. The Morgan fingerprint density at radius 2 is 1.68 bits per heavy atom. The number of amides is 2. The molecule has 3 N–H and O–H groups in total. The number of thiazole rings is 1. The molecule has 0 aliphatic carbocycles. The van der Waals surface area contributed by atoms with E-state index < -0.39 is 6.04 Å². The van der Waals surface area contributed by atoms with Gasteiger partial charge in [0.2, 0.25) is 11.8 Å². The van der Waals surface area contributed by atoms with E-state index >= 15 is 0 Å². The van der Waals surface area contributed by atoms with Crippen molar-refractivity contribution in [1.82, 2.24) is 19.7 Å². The van der Waals surface area contributed by atoms with E-state index in [9.17, 15) is 9.59 Å². The number of H-pyrrole nitrogens is 1. The number of aromatic nitrogens is 3. The summed E-state index contributed by atoms with van der Waals surface area (Å²) in [5, 5.41) is 7.08. The first-order valence-corrected chi connectivity index (χ1v) is 15.4. The van der Waals surface area contributed by atoms with Gasteiger partial charge in [-0.05, 0) is 55.3 Å². The van der Waals surface area contributed by atoms with E-state index in [4.69, 9.17) is 4.98 Å². The molecule has 0 fully saturated rings. The van der Waals surface area contributed by atoms with Crippen LogP contribution in [0.2, 0.25) is 0 Å². The quantitative estimate of drug-likeness (QED) is 0.173. The SMILES string of the molecule is Cc1cc(C)cc(CC(=O)N[C@@H](Cc2c[nH]c3ccccc23)C(=O)Nc2ccc(-c3cn4c(n3)sc3ccccc34)cc2)c1. The molecule has 7 nitrogen and oxygen atoms in total. The van der Waals surface area contributed by atoms with Crippen LogP contribution in [-0.4, -0.2) is 32.2 Å². The van der Waals surface area contributed by atoms with Crippen LogP contribution in [0.4, 0.5) is 5.69 Å². The van der Waals surface area contributed by atoms with Crippen LogP contribution in [0.1, 0.15) is 22.3 Å². The van der Waals surface area contributed by atoms with Gasteiger partial charge in [-0.2, -0.15) is 0 Å². The van der Waals surface area contributed by atoms with E-state index in [0.29, 0.717) is 12.1 Å². The minimum absolute atomic E-state index is 0.197. The van der Waals surface area contributed by atoms with Gasteiger partial charge in [-0.1, -0.05) is 83.1 Å². The van der Waals surface area contributed by atoms with Gasteiger partial charge in [-0.15, -0.1) is 0 Å². The first-order chi connectivity index (χ1) is 21.4. The Balaban J connectivity index is 1.10. The van der Waals surface area contributed by atoms with Crippen LogP contribution in [0.3, 0.4) is 0 Å². The molecule has 0 radical (unpaired) electrons. The molecule has 1 atom stereocenters. The third-order valence-corrected chi connectivity index (χ3v) is 8.88. The van der Waals surface area contributed by atoms with E-state index in [1.165, 1.54) is 4.70 Å². The largest absolute Gasteiger partial charge is 0.361 e. The molecule has 2 amide bonds. The third-order valence-electron chi connectivity index (χ3n) is 7.84. The first kappa shape index (κ1) is 27.6. The van der Waals surface area contributed by atoms with E-state index in [2.05, 4.69) is 38.2 Å². The highest BCUT2D eigenvalue weighted by Crippen LogP contribution is 2.30. The maximum Gasteiger partial charge on any atom is 0.247 e. The Morgan fingerprint density at radius 3 is 2.50 bits per heavy atom. The number of aryl methyl sites for hydroxylation is 2. The van der Waals surface area contributed by atoms with Crippen LogP contribution >= 0.6 is 11.3 Å². The van der Waals surface area contributed by atoms with Crippen molar-refractivity contribution in [3.63, 3.8) is 0 Å². The highest BCUT2D eigenvalue weighted by atomic mass is 32.1. The number of rotatable bonds is 8. The van der Waals surface area contributed by atoms with Crippen molar-refractivity contribution in [2.24, 2.45) is 0 Å². The Kier molecular flexibility index (Phi) is 7.20. The molecular formula is C36H31N5O2S. The normalized spacial score (nSPS) is 12.1. The monoisotopic (exact) mass is 597 g/mol. The standard InChI is InChI=1S/C36H31N5O2S/c1-22-15-23(2)17-24(16-22)18-34(42)39-30(19-26-20-37-29-8-4-3-7-28(26)29)35(43)38-27-13-11-25(12-14-27)31-21-41-32-9-5-6-10-33(32)44-36(41)40-31/h3-17,20-21,30,37H,18-19H2,1-2H3,(H,38,43)(H,39,42)/t30-/m0/s1. The van der Waals surface area contributed by atoms with Gasteiger partial charge in [0.1, 0.15) is 6.04 Å². The van der Waals surface area contributed by atoms with Crippen LogP contribution < -0.4 is 10.6 Å². The third kappa shape index (κ3) is 5.59. The number of carbonyl (C=O) groups is 2. The molecule has 0 saturated heterocycles. The molecule has 0 unspecified atom stereocenters. The first-order valence-electron chi connectivity index (χ1n) is 14.6. The second-order valence-electron chi connectivity index (χ2n) is 11.3. The Morgan fingerprint density at radius 1 is 0.932 bits per heavy atom. The Hall–Kier alpha value is -5.21. The highest BCUT2D eigenvalue weighted by Gasteiger charge is 2.23. The predicted molar refractivity (Wildman–Crippen MR) is 178 cm³/mol. The summed E-state index contributed by atoms with van der Waals surface area (Å²) in [6.45, 7) is 4.04. The molecule has 218 valence electrons. The summed E-state index contributed by atoms with van der Waals surface area (Å²) in [6.07, 6.45) is 4.51. The van der Waals surface area contributed by atoms with Gasteiger partial charge in [0.05, 0.1) is 22.3 Å². The number of aromatic amines is 1. The van der Waals surface area contributed by atoms with Crippen molar-refractivity contribution in [2.45, 2.75) is 32.7 Å². The molecule has 0 spiro atoms. The average molecular weight is 598 g/mol. The van der Waals surface area contributed by atoms with Gasteiger partial charge in [0.25, 0.3) is 0 Å². The minimum atomic E-state index is -0.763. The molecule has 7 rings (SSSR count). The van der Waals surface area contributed by atoms with Gasteiger partial charge in [0, 0.05) is 41.0 Å². The van der Waals surface area contributed by atoms with Crippen molar-refractivity contribution in [3.05, 3.63) is 126 Å². The van der Waals surface area contributed by atoms with E-state index in [1.54, 1.807) is 11.3 Å². The number of fused-ring (bicyclic) bond motifs is 4. The number of carbonyl (C=O) groups excluding carboxylic acids is 2. The summed E-state index contributed by atoms with van der Waals surface area (Å²) in [6, 6.07) is 29.2. The highest BCUT2D eigenvalue weighted by molar-refractivity contribution is 7.23. The molecule has 3 aromatic heterocycles. The number of para-hydroxylation sites is 2. The number of nitrogens with zero attached hydrogens (tertiary/aromatic N) is 2. The molecule has 44 heavy (non-hydrogen) atoms. The fraction of sp³-hybridized carbons (Fsp3) is 0.139. The fourth-order valence-electron chi connectivity index (χ4n) is 5.87. The maximum atomic E-state index is 13.7. The lowest BCUT2D eigenvalue weighted by molar-refractivity contribution is -0.126. The van der Waals surface area contributed by atoms with Crippen molar-refractivity contribution in [1.29, 1.82) is 0 Å². The molecule has 7 aromatic rings. The van der Waals surface area contributed by atoms with Crippen LogP contribution in [-0.2, 0) is 22.4 Å². The van der Waals surface area contributed by atoms with Gasteiger partial charge < -0.3 is 15.6 Å². The van der Waals surface area contributed by atoms with E-state index in [0.717, 1.165) is 54.9 Å². The lowest BCUT2D eigenvalue weighted by Gasteiger charge is -2.19.